The Hall–Kier alpha value is -2.22. The summed E-state index contributed by atoms with van der Waals surface area (Å²) in [4.78, 5) is 12.3. The fraction of sp³-hybridized carbons (Fsp3) is 0.458. The molecule has 13 heteroatoms. The first kappa shape index (κ1) is 27.8. The first-order chi connectivity index (χ1) is 17.4. The Bertz CT molecular complexity index is 1270. The van der Waals surface area contributed by atoms with Gasteiger partial charge in [0.2, 0.25) is 0 Å². The summed E-state index contributed by atoms with van der Waals surface area (Å²) in [5.74, 6) is -6.32. The predicted octanol–water partition coefficient (Wildman–Crippen LogP) is 2.68. The van der Waals surface area contributed by atoms with Gasteiger partial charge in [-0.05, 0) is 49.3 Å². The van der Waals surface area contributed by atoms with Crippen molar-refractivity contribution in [1.29, 1.82) is 0 Å². The largest absolute Gasteiger partial charge is 0.394 e. The van der Waals surface area contributed by atoms with Crippen LogP contribution in [0.3, 0.4) is 0 Å². The Morgan fingerprint density at radius 1 is 1.14 bits per heavy atom. The van der Waals surface area contributed by atoms with E-state index >= 15 is 0 Å². The number of halogens is 4. The number of carbonyl (C=O) groups excluding carboxylic acids is 1. The number of anilines is 1. The highest BCUT2D eigenvalue weighted by molar-refractivity contribution is 7.92. The van der Waals surface area contributed by atoms with Gasteiger partial charge in [-0.15, -0.1) is 0 Å². The van der Waals surface area contributed by atoms with Crippen molar-refractivity contribution in [2.24, 2.45) is 11.8 Å². The zero-order chi connectivity index (χ0) is 27.1. The van der Waals surface area contributed by atoms with Crippen LogP contribution in [0.1, 0.15) is 29.6 Å². The second kappa shape index (κ2) is 10.5. The highest BCUT2D eigenvalue weighted by Crippen LogP contribution is 2.55. The van der Waals surface area contributed by atoms with E-state index < -0.39 is 56.8 Å². The summed E-state index contributed by atoms with van der Waals surface area (Å²) in [6.45, 7) is -0.754. The van der Waals surface area contributed by atoms with Gasteiger partial charge in [0, 0.05) is 23.4 Å². The minimum Gasteiger partial charge on any atom is -0.394 e. The van der Waals surface area contributed by atoms with Gasteiger partial charge in [-0.3, -0.25) is 4.79 Å². The van der Waals surface area contributed by atoms with Gasteiger partial charge in [0.05, 0.1) is 40.6 Å². The second-order valence-corrected chi connectivity index (χ2v) is 12.1. The molecule has 3 aliphatic carbocycles. The molecule has 4 N–H and O–H groups in total. The lowest BCUT2D eigenvalue weighted by Gasteiger charge is -2.58. The van der Waals surface area contributed by atoms with Gasteiger partial charge in [-0.2, -0.15) is 0 Å². The average Bonchev–Trinajstić information content (AvgIpc) is 2.86. The Kier molecular flexibility index (Phi) is 7.89. The van der Waals surface area contributed by atoms with Gasteiger partial charge < -0.3 is 25.4 Å². The van der Waals surface area contributed by atoms with Crippen molar-refractivity contribution in [3.05, 3.63) is 58.4 Å². The molecule has 0 radical (unpaired) electrons. The quantitative estimate of drug-likeness (QED) is 0.345. The monoisotopic (exact) mass is 563 g/mol. The molecule has 3 atom stereocenters. The van der Waals surface area contributed by atoms with Gasteiger partial charge in [0.1, 0.15) is 6.10 Å². The Morgan fingerprint density at radius 2 is 1.76 bits per heavy atom. The number of rotatable bonds is 9. The summed E-state index contributed by atoms with van der Waals surface area (Å²) in [7, 11) is -4.04. The molecule has 2 aromatic carbocycles. The van der Waals surface area contributed by atoms with Crippen molar-refractivity contribution in [3.63, 3.8) is 0 Å². The maximum Gasteiger partial charge on any atom is 0.255 e. The van der Waals surface area contributed by atoms with Gasteiger partial charge in [0.15, 0.2) is 27.3 Å². The maximum atomic E-state index is 13.5. The van der Waals surface area contributed by atoms with Gasteiger partial charge >= 0.3 is 0 Å². The number of hydrogen-bond donors (Lipinski definition) is 4. The van der Waals surface area contributed by atoms with Gasteiger partial charge in [-0.25, -0.2) is 21.6 Å². The molecule has 0 spiro atoms. The zero-order valence-electron chi connectivity index (χ0n) is 19.3. The highest BCUT2D eigenvalue weighted by atomic mass is 35.5. The van der Waals surface area contributed by atoms with E-state index in [4.69, 9.17) is 21.4 Å². The smallest absolute Gasteiger partial charge is 0.255 e. The van der Waals surface area contributed by atoms with E-state index in [1.54, 1.807) is 0 Å². The number of aliphatic hydroxyl groups excluding tert-OH is 2. The number of nitrogens with one attached hydrogen (secondary N) is 1. The minimum atomic E-state index is -4.04. The van der Waals surface area contributed by atoms with Crippen molar-refractivity contribution < 1.29 is 46.4 Å². The Morgan fingerprint density at radius 3 is 2.35 bits per heavy atom. The molecule has 3 aliphatic rings. The lowest BCUT2D eigenvalue weighted by molar-refractivity contribution is -0.210. The lowest BCUT2D eigenvalue weighted by atomic mass is 9.54. The standard InChI is InChI=1S/C24H25ClF3NO7S/c25-18-2-1-12(23(32)29-15-7-19(26)22(28)20(27)8-15)3-21(18)37(34,35)17-5-13-4-14(6-17)24(13,33)11-36-10-16(31)9-30/h1-3,7-8,13-14,16-17,30-31,33H,4-6,9-11H2,(H,29,32). The van der Waals surface area contributed by atoms with Crippen LogP contribution in [0, 0.1) is 29.3 Å². The second-order valence-electron chi connectivity index (χ2n) is 9.46. The van der Waals surface area contributed by atoms with E-state index in [2.05, 4.69) is 5.32 Å². The number of benzene rings is 2. The van der Waals surface area contributed by atoms with Crippen molar-refractivity contribution >= 4 is 33.0 Å². The number of carbonyl (C=O) groups is 1. The molecule has 37 heavy (non-hydrogen) atoms. The zero-order valence-corrected chi connectivity index (χ0v) is 20.9. The van der Waals surface area contributed by atoms with E-state index in [0.717, 1.165) is 6.07 Å². The molecule has 1 amide bonds. The average molecular weight is 564 g/mol. The molecule has 0 saturated heterocycles. The van der Waals surface area contributed by atoms with E-state index in [1.165, 1.54) is 12.1 Å². The van der Waals surface area contributed by atoms with E-state index in [0.29, 0.717) is 18.6 Å². The molecule has 8 nitrogen and oxygen atoms in total. The SMILES string of the molecule is O=C(Nc1cc(F)c(F)c(F)c1)c1ccc(Cl)c(S(=O)(=O)C2CC3CC(C2)C3(O)COCC(O)CO)c1. The summed E-state index contributed by atoms with van der Waals surface area (Å²) in [5, 5.41) is 30.5. The Balaban J connectivity index is 1.48. The summed E-state index contributed by atoms with van der Waals surface area (Å²) in [5.41, 5.74) is -1.76. The van der Waals surface area contributed by atoms with Gasteiger partial charge in [0.25, 0.3) is 5.91 Å². The molecule has 0 heterocycles. The van der Waals surface area contributed by atoms with Crippen molar-refractivity contribution in [1.82, 2.24) is 0 Å². The number of aliphatic hydroxyl groups is 3. The molecule has 202 valence electrons. The van der Waals surface area contributed by atoms with Crippen LogP contribution in [0.15, 0.2) is 35.2 Å². The van der Waals surface area contributed by atoms with Crippen LogP contribution in [-0.4, -0.2) is 66.4 Å². The van der Waals surface area contributed by atoms with Crippen LogP contribution < -0.4 is 5.32 Å². The minimum absolute atomic E-state index is 0.104. The maximum absolute atomic E-state index is 13.5. The van der Waals surface area contributed by atoms with Crippen LogP contribution in [0.4, 0.5) is 18.9 Å². The molecule has 3 unspecified atom stereocenters. The predicted molar refractivity (Wildman–Crippen MR) is 126 cm³/mol. The molecule has 3 saturated carbocycles. The molecule has 0 aliphatic heterocycles. The van der Waals surface area contributed by atoms with E-state index in [-0.39, 0.29) is 59.1 Å². The molecular formula is C24H25ClF3NO7S. The first-order valence-electron chi connectivity index (χ1n) is 11.4. The third-order valence-electron chi connectivity index (χ3n) is 7.11. The van der Waals surface area contributed by atoms with Gasteiger partial charge in [-0.1, -0.05) is 11.6 Å². The molecule has 2 aromatic rings. The summed E-state index contributed by atoms with van der Waals surface area (Å²) in [6.07, 6.45) is -0.219. The first-order valence-corrected chi connectivity index (χ1v) is 13.4. The number of fused-ring (bicyclic) bond motifs is 2. The van der Waals surface area contributed by atoms with E-state index in [9.17, 15) is 36.6 Å². The molecule has 3 fully saturated rings. The van der Waals surface area contributed by atoms with Crippen LogP contribution in [-0.2, 0) is 14.6 Å². The molecule has 2 bridgehead atoms. The Labute approximate surface area is 215 Å². The number of hydrogen-bond acceptors (Lipinski definition) is 7. The number of amides is 1. The van der Waals surface area contributed by atoms with Crippen molar-refractivity contribution in [3.8, 4) is 0 Å². The van der Waals surface area contributed by atoms with Crippen LogP contribution in [0.5, 0.6) is 0 Å². The summed E-state index contributed by atoms with van der Waals surface area (Å²) in [6, 6.07) is 4.70. The van der Waals surface area contributed by atoms with Crippen LogP contribution in [0.25, 0.3) is 0 Å². The third-order valence-corrected chi connectivity index (χ3v) is 9.77. The van der Waals surface area contributed by atoms with Crippen molar-refractivity contribution in [2.75, 3.05) is 25.1 Å². The third kappa shape index (κ3) is 5.36. The molecule has 5 rings (SSSR count). The highest BCUT2D eigenvalue weighted by Gasteiger charge is 2.60. The van der Waals surface area contributed by atoms with Crippen molar-refractivity contribution in [2.45, 2.75) is 41.1 Å². The topological polar surface area (TPSA) is 133 Å². The summed E-state index contributed by atoms with van der Waals surface area (Å²) >= 11 is 6.17. The normalized spacial score (nSPS) is 25.9. The lowest BCUT2D eigenvalue weighted by Crippen LogP contribution is -2.64. The van der Waals surface area contributed by atoms with E-state index in [1.807, 2.05) is 0 Å². The van der Waals surface area contributed by atoms with Crippen LogP contribution in [0.2, 0.25) is 5.02 Å². The molecule has 0 aromatic heterocycles. The summed E-state index contributed by atoms with van der Waals surface area (Å²) < 4.78 is 72.4. The fourth-order valence-corrected chi connectivity index (χ4v) is 7.43. The van der Waals surface area contributed by atoms with Crippen LogP contribution >= 0.6 is 11.6 Å². The molecular weight excluding hydrogens is 539 g/mol. The number of ether oxygens (including phenoxy) is 1. The number of sulfone groups is 1. The fourth-order valence-electron chi connectivity index (χ4n) is 5.03.